The molecule has 6 N–H and O–H groups in total. The first kappa shape index (κ1) is 24.4. The van der Waals surface area contributed by atoms with E-state index in [0.29, 0.717) is 12.8 Å². The quantitative estimate of drug-likeness (QED) is 0.172. The molecule has 9 heteroatoms. The van der Waals surface area contributed by atoms with Gasteiger partial charge in [0.2, 0.25) is 18.2 Å². The van der Waals surface area contributed by atoms with Crippen LogP contribution in [-0.2, 0) is 27.2 Å². The Bertz CT molecular complexity index is 1350. The van der Waals surface area contributed by atoms with Crippen LogP contribution in [0.1, 0.15) is 25.0 Å². The van der Waals surface area contributed by atoms with Crippen molar-refractivity contribution in [1.82, 2.24) is 20.9 Å². The largest absolute Gasteiger partial charge is 0.361 e. The van der Waals surface area contributed by atoms with Crippen molar-refractivity contribution in [2.45, 2.75) is 44.4 Å². The van der Waals surface area contributed by atoms with Gasteiger partial charge in [0.1, 0.15) is 12.2 Å². The van der Waals surface area contributed by atoms with Crippen molar-refractivity contribution >= 4 is 50.6 Å². The lowest BCUT2D eigenvalue weighted by molar-refractivity contribution is -0.131. The average Bonchev–Trinajstić information content (AvgIpc) is 3.42. The second-order valence-corrected chi connectivity index (χ2v) is 10.0. The second-order valence-electron chi connectivity index (χ2n) is 9.12. The van der Waals surface area contributed by atoms with Gasteiger partial charge in [-0.3, -0.25) is 14.4 Å². The molecule has 8 nitrogen and oxygen atoms in total. The Labute approximate surface area is 207 Å². The Morgan fingerprint density at radius 1 is 1.03 bits per heavy atom. The van der Waals surface area contributed by atoms with E-state index in [1.165, 1.54) is 0 Å². The molecule has 0 aliphatic heterocycles. The third-order valence-electron chi connectivity index (χ3n) is 5.88. The van der Waals surface area contributed by atoms with Crippen LogP contribution in [0.4, 0.5) is 0 Å². The van der Waals surface area contributed by atoms with Crippen molar-refractivity contribution in [1.29, 1.82) is 0 Å². The smallest absolute Gasteiger partial charge is 0.244 e. The summed E-state index contributed by atoms with van der Waals surface area (Å²) in [7, 11) is 0. The van der Waals surface area contributed by atoms with Crippen molar-refractivity contribution in [3.63, 3.8) is 0 Å². The molecule has 0 bridgehead atoms. The fourth-order valence-electron chi connectivity index (χ4n) is 3.99. The van der Waals surface area contributed by atoms with Gasteiger partial charge in [-0.1, -0.05) is 36.4 Å². The summed E-state index contributed by atoms with van der Waals surface area (Å²) in [5.74, 6) is -0.854. The molecule has 2 aromatic carbocycles. The molecule has 0 saturated heterocycles. The molecule has 4 rings (SSSR count). The number of rotatable bonds is 10. The van der Waals surface area contributed by atoms with E-state index in [-0.39, 0.29) is 6.42 Å². The number of nitrogens with one attached hydrogen (secondary N) is 4. The van der Waals surface area contributed by atoms with Crippen LogP contribution in [-0.4, -0.2) is 41.0 Å². The van der Waals surface area contributed by atoms with E-state index >= 15 is 0 Å². The SMILES string of the molecule is CC(C)(N)C(=O)NC(Cc1c[nH]c2ccccc12)C(=O)N[C@H](Cc1csc2ccccc12)NC=O. The summed E-state index contributed by atoms with van der Waals surface area (Å²) < 4.78 is 1.13. The van der Waals surface area contributed by atoms with E-state index in [2.05, 4.69) is 20.9 Å². The Balaban J connectivity index is 1.56. The van der Waals surface area contributed by atoms with Gasteiger partial charge in [-0.05, 0) is 47.9 Å². The monoisotopic (exact) mass is 491 g/mol. The molecule has 1 unspecified atom stereocenters. The first-order valence-corrected chi connectivity index (χ1v) is 12.2. The van der Waals surface area contributed by atoms with E-state index in [9.17, 15) is 14.4 Å². The van der Waals surface area contributed by atoms with Gasteiger partial charge in [0.15, 0.2) is 0 Å². The Kier molecular flexibility index (Phi) is 7.18. The molecular weight excluding hydrogens is 462 g/mol. The van der Waals surface area contributed by atoms with Gasteiger partial charge in [-0.15, -0.1) is 11.3 Å². The van der Waals surface area contributed by atoms with Gasteiger partial charge in [-0.25, -0.2) is 0 Å². The number of para-hydroxylation sites is 1. The molecule has 2 aromatic heterocycles. The minimum atomic E-state index is -1.16. The maximum atomic E-state index is 13.4. The lowest BCUT2D eigenvalue weighted by atomic mass is 10.0. The van der Waals surface area contributed by atoms with Crippen molar-refractivity contribution in [2.75, 3.05) is 0 Å². The Morgan fingerprint density at radius 2 is 1.74 bits per heavy atom. The molecule has 4 aromatic rings. The maximum Gasteiger partial charge on any atom is 0.244 e. The number of H-pyrrole nitrogens is 1. The zero-order valence-corrected chi connectivity index (χ0v) is 20.4. The summed E-state index contributed by atoms with van der Waals surface area (Å²) in [5.41, 5.74) is 7.67. The number of hydrogen-bond acceptors (Lipinski definition) is 5. The highest BCUT2D eigenvalue weighted by molar-refractivity contribution is 7.17. The van der Waals surface area contributed by atoms with Gasteiger partial charge >= 0.3 is 0 Å². The molecule has 182 valence electrons. The summed E-state index contributed by atoms with van der Waals surface area (Å²) in [6.45, 7) is 3.17. The lowest BCUT2D eigenvalue weighted by Gasteiger charge is -2.26. The molecule has 35 heavy (non-hydrogen) atoms. The number of thiophene rings is 1. The van der Waals surface area contributed by atoms with Gasteiger partial charge in [0, 0.05) is 34.6 Å². The average molecular weight is 492 g/mol. The summed E-state index contributed by atoms with van der Waals surface area (Å²) in [4.78, 5) is 40.6. The van der Waals surface area contributed by atoms with Crippen molar-refractivity contribution in [3.8, 4) is 0 Å². The predicted octanol–water partition coefficient (Wildman–Crippen LogP) is 2.58. The zero-order chi connectivity index (χ0) is 25.0. The maximum absolute atomic E-state index is 13.4. The minimum Gasteiger partial charge on any atom is -0.361 e. The van der Waals surface area contributed by atoms with Crippen LogP contribution < -0.4 is 21.7 Å². The molecule has 3 amide bonds. The third-order valence-corrected chi connectivity index (χ3v) is 6.89. The van der Waals surface area contributed by atoms with E-state index in [4.69, 9.17) is 5.73 Å². The van der Waals surface area contributed by atoms with Crippen molar-refractivity contribution < 1.29 is 14.4 Å². The van der Waals surface area contributed by atoms with Crippen LogP contribution in [0, 0.1) is 0 Å². The van der Waals surface area contributed by atoms with E-state index in [1.54, 1.807) is 25.2 Å². The fourth-order valence-corrected chi connectivity index (χ4v) is 4.97. The molecular formula is C26H29N5O3S. The number of aromatic amines is 1. The minimum absolute atomic E-state index is 0.257. The molecule has 2 atom stereocenters. The number of benzene rings is 2. The third kappa shape index (κ3) is 5.70. The van der Waals surface area contributed by atoms with Crippen molar-refractivity contribution in [3.05, 3.63) is 71.2 Å². The highest BCUT2D eigenvalue weighted by Gasteiger charge is 2.30. The van der Waals surface area contributed by atoms with Crippen LogP contribution in [0.3, 0.4) is 0 Å². The Morgan fingerprint density at radius 3 is 2.49 bits per heavy atom. The van der Waals surface area contributed by atoms with Crippen molar-refractivity contribution in [2.24, 2.45) is 5.73 Å². The van der Waals surface area contributed by atoms with Crippen LogP contribution in [0.5, 0.6) is 0 Å². The molecule has 0 fully saturated rings. The standard InChI is InChI=1S/C26H29N5O3S/c1-26(2,27)25(34)30-21(11-16-13-28-20-9-5-3-7-18(16)20)24(33)31-23(29-15-32)12-17-14-35-22-10-6-4-8-19(17)22/h3-10,13-15,21,23,28H,11-12,27H2,1-2H3,(H,29,32)(H,30,34)(H,31,33)/t21?,23-/m1/s1. The molecule has 0 spiro atoms. The number of carbonyl (C=O) groups excluding carboxylic acids is 3. The summed E-state index contributed by atoms with van der Waals surface area (Å²) in [6, 6.07) is 14.9. The predicted molar refractivity (Wildman–Crippen MR) is 139 cm³/mol. The molecule has 0 saturated carbocycles. The first-order valence-electron chi connectivity index (χ1n) is 11.4. The normalized spacial score (nSPS) is 13.3. The van der Waals surface area contributed by atoms with Gasteiger partial charge in [-0.2, -0.15) is 0 Å². The number of carbonyl (C=O) groups is 3. The lowest BCUT2D eigenvalue weighted by Crippen LogP contribution is -2.59. The summed E-state index contributed by atoms with van der Waals surface area (Å²) >= 11 is 1.61. The van der Waals surface area contributed by atoms with Crippen LogP contribution in [0.25, 0.3) is 21.0 Å². The fraction of sp³-hybridized carbons (Fsp3) is 0.269. The van der Waals surface area contributed by atoms with Crippen LogP contribution in [0.15, 0.2) is 60.1 Å². The van der Waals surface area contributed by atoms with E-state index < -0.39 is 29.6 Å². The molecule has 0 aliphatic carbocycles. The van der Waals surface area contributed by atoms with Gasteiger partial charge < -0.3 is 26.7 Å². The Hall–Kier alpha value is -3.69. The van der Waals surface area contributed by atoms with Gasteiger partial charge in [0.25, 0.3) is 0 Å². The number of aromatic nitrogens is 1. The highest BCUT2D eigenvalue weighted by Crippen LogP contribution is 2.26. The summed E-state index contributed by atoms with van der Waals surface area (Å²) in [5, 5.41) is 12.5. The van der Waals surface area contributed by atoms with E-state index in [0.717, 1.165) is 32.1 Å². The summed E-state index contributed by atoms with van der Waals surface area (Å²) in [6.07, 6.45) is 2.42. The highest BCUT2D eigenvalue weighted by atomic mass is 32.1. The molecule has 0 aliphatic rings. The first-order chi connectivity index (χ1) is 16.8. The zero-order valence-electron chi connectivity index (χ0n) is 19.6. The number of amides is 3. The number of fused-ring (bicyclic) bond motifs is 2. The number of hydrogen-bond donors (Lipinski definition) is 5. The second kappa shape index (κ2) is 10.3. The van der Waals surface area contributed by atoms with Crippen LogP contribution >= 0.6 is 11.3 Å². The number of nitrogens with two attached hydrogens (primary N) is 1. The van der Waals surface area contributed by atoms with Crippen LogP contribution in [0.2, 0.25) is 0 Å². The van der Waals surface area contributed by atoms with Gasteiger partial charge in [0.05, 0.1) is 5.54 Å². The molecule has 2 heterocycles. The van der Waals surface area contributed by atoms with E-state index in [1.807, 2.05) is 60.1 Å². The topological polar surface area (TPSA) is 129 Å². The molecule has 0 radical (unpaired) electrons.